The lowest BCUT2D eigenvalue weighted by Crippen LogP contribution is -2.44. The zero-order valence-electron chi connectivity index (χ0n) is 16.3. The van der Waals surface area contributed by atoms with Gasteiger partial charge in [0.2, 0.25) is 0 Å². The topological polar surface area (TPSA) is 48.9 Å². The number of aryl methyl sites for hydroxylation is 1. The summed E-state index contributed by atoms with van der Waals surface area (Å²) in [4.78, 5) is 6.70. The fraction of sp³-hybridized carbons (Fsp3) is 0.632. The van der Waals surface area contributed by atoms with Crippen LogP contribution < -0.4 is 15.4 Å². The van der Waals surface area contributed by atoms with Gasteiger partial charge in [-0.05, 0) is 44.8 Å². The maximum Gasteiger partial charge on any atom is 0.387 e. The largest absolute Gasteiger partial charge is 0.434 e. The highest BCUT2D eigenvalue weighted by molar-refractivity contribution is 14.0. The van der Waals surface area contributed by atoms with Gasteiger partial charge in [0.25, 0.3) is 0 Å². The molecule has 0 aliphatic carbocycles. The van der Waals surface area contributed by atoms with E-state index in [-0.39, 0.29) is 29.7 Å². The van der Waals surface area contributed by atoms with Crippen molar-refractivity contribution in [2.75, 3.05) is 33.2 Å². The highest BCUT2D eigenvalue weighted by Crippen LogP contribution is 2.22. The molecule has 2 rings (SSSR count). The first-order chi connectivity index (χ1) is 12.5. The van der Waals surface area contributed by atoms with Gasteiger partial charge in [0.1, 0.15) is 5.75 Å². The lowest BCUT2D eigenvalue weighted by atomic mass is 9.98. The fourth-order valence-electron chi connectivity index (χ4n) is 3.30. The van der Waals surface area contributed by atoms with Crippen LogP contribution in [0.5, 0.6) is 5.75 Å². The normalized spacial score (nSPS) is 18.1. The molecule has 1 aliphatic rings. The lowest BCUT2D eigenvalue weighted by molar-refractivity contribution is -0.0504. The van der Waals surface area contributed by atoms with Crippen LogP contribution >= 0.6 is 24.0 Å². The highest BCUT2D eigenvalue weighted by Gasteiger charge is 2.19. The maximum absolute atomic E-state index is 12.6. The van der Waals surface area contributed by atoms with Gasteiger partial charge >= 0.3 is 6.61 Å². The number of nitrogens with zero attached hydrogens (tertiary/aromatic N) is 2. The van der Waals surface area contributed by atoms with Crippen molar-refractivity contribution in [1.82, 2.24) is 15.5 Å². The Morgan fingerprint density at radius 3 is 2.81 bits per heavy atom. The van der Waals surface area contributed by atoms with Crippen molar-refractivity contribution in [2.24, 2.45) is 10.9 Å². The van der Waals surface area contributed by atoms with Gasteiger partial charge in [-0.15, -0.1) is 24.0 Å². The molecule has 1 fully saturated rings. The number of hydrogen-bond acceptors (Lipinski definition) is 3. The summed E-state index contributed by atoms with van der Waals surface area (Å²) < 4.78 is 29.7. The number of rotatable bonds is 7. The number of aliphatic imine (C=N–C) groups is 1. The summed E-state index contributed by atoms with van der Waals surface area (Å²) in [6, 6.07) is 5.19. The Balaban J connectivity index is 0.00000364. The number of halogens is 3. The molecule has 2 N–H and O–H groups in total. The third kappa shape index (κ3) is 8.16. The number of ether oxygens (including phenoxy) is 1. The summed E-state index contributed by atoms with van der Waals surface area (Å²) in [5, 5.41) is 6.54. The zero-order chi connectivity index (χ0) is 18.9. The molecule has 5 nitrogen and oxygen atoms in total. The van der Waals surface area contributed by atoms with E-state index in [4.69, 9.17) is 0 Å². The van der Waals surface area contributed by atoms with Crippen LogP contribution in [0, 0.1) is 12.8 Å². The van der Waals surface area contributed by atoms with Crippen LogP contribution in [0.1, 0.15) is 30.9 Å². The quantitative estimate of drug-likeness (QED) is 0.344. The number of benzene rings is 1. The number of nitrogens with one attached hydrogen (secondary N) is 2. The van der Waals surface area contributed by atoms with Gasteiger partial charge in [0, 0.05) is 32.2 Å². The molecule has 1 atom stereocenters. The minimum Gasteiger partial charge on any atom is -0.434 e. The van der Waals surface area contributed by atoms with Crippen molar-refractivity contribution < 1.29 is 13.5 Å². The Morgan fingerprint density at radius 2 is 2.15 bits per heavy atom. The first-order valence-electron chi connectivity index (χ1n) is 9.23. The number of likely N-dealkylation sites (tertiary alicyclic amines) is 1. The Labute approximate surface area is 178 Å². The molecule has 1 aromatic carbocycles. The first kappa shape index (κ1) is 23.9. The lowest BCUT2D eigenvalue weighted by Gasteiger charge is -2.32. The fourth-order valence-corrected chi connectivity index (χ4v) is 3.30. The Bertz CT molecular complexity index is 601. The molecule has 154 valence electrons. The molecule has 1 unspecified atom stereocenters. The van der Waals surface area contributed by atoms with Crippen LogP contribution in [0.2, 0.25) is 0 Å². The van der Waals surface area contributed by atoms with Gasteiger partial charge < -0.3 is 20.3 Å². The zero-order valence-corrected chi connectivity index (χ0v) is 18.6. The molecule has 1 aromatic rings. The van der Waals surface area contributed by atoms with E-state index in [1.54, 1.807) is 19.2 Å². The number of piperidine rings is 1. The van der Waals surface area contributed by atoms with Crippen molar-refractivity contribution in [3.63, 3.8) is 0 Å². The molecule has 0 saturated carbocycles. The molecule has 27 heavy (non-hydrogen) atoms. The molecule has 1 heterocycles. The van der Waals surface area contributed by atoms with Gasteiger partial charge in [-0.25, -0.2) is 0 Å². The van der Waals surface area contributed by atoms with Crippen LogP contribution in [0.3, 0.4) is 0 Å². The van der Waals surface area contributed by atoms with Crippen molar-refractivity contribution in [3.8, 4) is 5.75 Å². The van der Waals surface area contributed by atoms with E-state index >= 15 is 0 Å². The highest BCUT2D eigenvalue weighted by atomic mass is 127. The summed E-state index contributed by atoms with van der Waals surface area (Å²) in [5.41, 5.74) is 1.68. The second kappa shape index (κ2) is 12.3. The summed E-state index contributed by atoms with van der Waals surface area (Å²) in [5.74, 6) is 1.46. The van der Waals surface area contributed by atoms with Crippen LogP contribution in [0.4, 0.5) is 8.78 Å². The van der Waals surface area contributed by atoms with Crippen molar-refractivity contribution in [1.29, 1.82) is 0 Å². The minimum atomic E-state index is -2.83. The molecule has 0 aromatic heterocycles. The molecule has 1 saturated heterocycles. The third-order valence-electron chi connectivity index (χ3n) is 4.71. The average molecular weight is 496 g/mol. The Morgan fingerprint density at radius 1 is 1.37 bits per heavy atom. The molecule has 0 bridgehead atoms. The monoisotopic (exact) mass is 496 g/mol. The molecule has 0 amide bonds. The van der Waals surface area contributed by atoms with E-state index in [2.05, 4.69) is 32.2 Å². The Kier molecular flexibility index (Phi) is 10.9. The molecule has 8 heteroatoms. The SMILES string of the molecule is CCN1CCCC(CNC(=NC)NCc2cc(C)ccc2OC(F)F)C1.I. The van der Waals surface area contributed by atoms with Crippen LogP contribution in [-0.4, -0.2) is 50.7 Å². The van der Waals surface area contributed by atoms with E-state index in [9.17, 15) is 8.78 Å². The smallest absolute Gasteiger partial charge is 0.387 e. The van der Waals surface area contributed by atoms with E-state index in [0.717, 1.165) is 25.2 Å². The van der Waals surface area contributed by atoms with Gasteiger partial charge in [-0.3, -0.25) is 4.99 Å². The average Bonchev–Trinajstić information content (AvgIpc) is 2.63. The first-order valence-corrected chi connectivity index (χ1v) is 9.23. The molecule has 0 spiro atoms. The third-order valence-corrected chi connectivity index (χ3v) is 4.71. The number of hydrogen-bond donors (Lipinski definition) is 2. The van der Waals surface area contributed by atoms with E-state index < -0.39 is 6.61 Å². The summed E-state index contributed by atoms with van der Waals surface area (Å²) in [7, 11) is 1.71. The van der Waals surface area contributed by atoms with Crippen molar-refractivity contribution >= 4 is 29.9 Å². The second-order valence-electron chi connectivity index (χ2n) is 6.70. The van der Waals surface area contributed by atoms with Crippen molar-refractivity contribution in [2.45, 2.75) is 39.8 Å². The molecular formula is C19H31F2IN4O. The summed E-state index contributed by atoms with van der Waals surface area (Å²) in [6.07, 6.45) is 2.44. The van der Waals surface area contributed by atoms with Crippen LogP contribution in [0.15, 0.2) is 23.2 Å². The minimum absolute atomic E-state index is 0. The molecule has 0 radical (unpaired) electrons. The predicted molar refractivity (Wildman–Crippen MR) is 116 cm³/mol. The van der Waals surface area contributed by atoms with Gasteiger partial charge in [-0.1, -0.05) is 24.6 Å². The second-order valence-corrected chi connectivity index (χ2v) is 6.70. The van der Waals surface area contributed by atoms with Crippen molar-refractivity contribution in [3.05, 3.63) is 29.3 Å². The van der Waals surface area contributed by atoms with E-state index in [1.165, 1.54) is 19.4 Å². The van der Waals surface area contributed by atoms with E-state index in [1.807, 2.05) is 13.0 Å². The molecule has 1 aliphatic heterocycles. The van der Waals surface area contributed by atoms with E-state index in [0.29, 0.717) is 24.0 Å². The molecular weight excluding hydrogens is 465 g/mol. The Hall–Kier alpha value is -1.16. The van der Waals surface area contributed by atoms with Gasteiger partial charge in [0.05, 0.1) is 0 Å². The van der Waals surface area contributed by atoms with Crippen LogP contribution in [0.25, 0.3) is 0 Å². The number of guanidine groups is 1. The summed E-state index contributed by atoms with van der Waals surface area (Å²) >= 11 is 0. The summed E-state index contributed by atoms with van der Waals surface area (Å²) in [6.45, 7) is 5.87. The van der Waals surface area contributed by atoms with Gasteiger partial charge in [0.15, 0.2) is 5.96 Å². The predicted octanol–water partition coefficient (Wildman–Crippen LogP) is 3.61. The van der Waals surface area contributed by atoms with Crippen LogP contribution in [-0.2, 0) is 6.54 Å². The van der Waals surface area contributed by atoms with Gasteiger partial charge in [-0.2, -0.15) is 8.78 Å². The standard InChI is InChI=1S/C19H30F2N4O.HI/c1-4-25-9-5-6-15(13-25)11-23-19(22-3)24-12-16-10-14(2)7-8-17(16)26-18(20)21;/h7-8,10,15,18H,4-6,9,11-13H2,1-3H3,(H2,22,23,24);1H. The number of alkyl halides is 2. The maximum atomic E-state index is 12.6.